The Morgan fingerprint density at radius 3 is 2.60 bits per heavy atom. The van der Waals surface area contributed by atoms with Gasteiger partial charge in [0, 0.05) is 37.7 Å². The number of aliphatic hydroxyl groups is 1. The SMILES string of the molecule is O=C(c1ccc(OC2CCOCC2)nc1)N(CCO)C1CCCCC1. The van der Waals surface area contributed by atoms with E-state index in [0.29, 0.717) is 18.0 Å². The highest BCUT2D eigenvalue weighted by atomic mass is 16.5. The van der Waals surface area contributed by atoms with E-state index in [1.54, 1.807) is 18.3 Å². The quantitative estimate of drug-likeness (QED) is 0.855. The summed E-state index contributed by atoms with van der Waals surface area (Å²) in [5.74, 6) is 0.501. The molecule has 1 saturated carbocycles. The van der Waals surface area contributed by atoms with Gasteiger partial charge in [-0.1, -0.05) is 19.3 Å². The number of carbonyl (C=O) groups excluding carboxylic acids is 1. The van der Waals surface area contributed by atoms with Gasteiger partial charge in [-0.2, -0.15) is 0 Å². The third kappa shape index (κ3) is 4.92. The fraction of sp³-hybridized carbons (Fsp3) is 0.684. The summed E-state index contributed by atoms with van der Waals surface area (Å²) in [5, 5.41) is 9.35. The summed E-state index contributed by atoms with van der Waals surface area (Å²) < 4.78 is 11.2. The first-order valence-electron chi connectivity index (χ1n) is 9.40. The van der Waals surface area contributed by atoms with Gasteiger partial charge in [0.1, 0.15) is 6.10 Å². The molecular formula is C19H28N2O4. The van der Waals surface area contributed by atoms with E-state index in [1.165, 1.54) is 6.42 Å². The van der Waals surface area contributed by atoms with Crippen LogP contribution >= 0.6 is 0 Å². The number of aliphatic hydroxyl groups excluding tert-OH is 1. The predicted molar refractivity (Wildman–Crippen MR) is 93.7 cm³/mol. The molecule has 0 spiro atoms. The van der Waals surface area contributed by atoms with Gasteiger partial charge in [0.15, 0.2) is 0 Å². The molecule has 1 N–H and O–H groups in total. The number of rotatable bonds is 6. The Morgan fingerprint density at radius 1 is 1.20 bits per heavy atom. The highest BCUT2D eigenvalue weighted by Gasteiger charge is 2.26. The lowest BCUT2D eigenvalue weighted by molar-refractivity contribution is 0.0237. The molecule has 138 valence electrons. The number of nitrogens with zero attached hydrogens (tertiary/aromatic N) is 2. The molecule has 1 aromatic rings. The average Bonchev–Trinajstić information content (AvgIpc) is 2.68. The van der Waals surface area contributed by atoms with E-state index >= 15 is 0 Å². The van der Waals surface area contributed by atoms with Crippen molar-refractivity contribution in [3.63, 3.8) is 0 Å². The second kappa shape index (κ2) is 9.15. The molecule has 3 rings (SSSR count). The van der Waals surface area contributed by atoms with Crippen LogP contribution in [0.5, 0.6) is 5.88 Å². The van der Waals surface area contributed by atoms with Gasteiger partial charge >= 0.3 is 0 Å². The minimum Gasteiger partial charge on any atom is -0.474 e. The van der Waals surface area contributed by atoms with Crippen LogP contribution in [-0.2, 0) is 4.74 Å². The summed E-state index contributed by atoms with van der Waals surface area (Å²) in [5.41, 5.74) is 0.554. The van der Waals surface area contributed by atoms with Crippen LogP contribution in [0.25, 0.3) is 0 Å². The number of carbonyl (C=O) groups is 1. The van der Waals surface area contributed by atoms with Gasteiger partial charge in [-0.15, -0.1) is 0 Å². The van der Waals surface area contributed by atoms with Crippen LogP contribution in [0.3, 0.4) is 0 Å². The maximum Gasteiger partial charge on any atom is 0.255 e. The van der Waals surface area contributed by atoms with Crippen molar-refractivity contribution in [3.8, 4) is 5.88 Å². The topological polar surface area (TPSA) is 71.9 Å². The minimum absolute atomic E-state index is 0.0133. The van der Waals surface area contributed by atoms with E-state index in [2.05, 4.69) is 4.98 Å². The van der Waals surface area contributed by atoms with Crippen LogP contribution in [-0.4, -0.2) is 59.4 Å². The fourth-order valence-corrected chi connectivity index (χ4v) is 3.66. The van der Waals surface area contributed by atoms with E-state index in [0.717, 1.165) is 51.7 Å². The molecule has 2 aliphatic rings. The normalized spacial score (nSPS) is 19.6. The van der Waals surface area contributed by atoms with Crippen molar-refractivity contribution in [2.45, 2.75) is 57.1 Å². The second-order valence-electron chi connectivity index (χ2n) is 6.83. The van der Waals surface area contributed by atoms with Crippen LogP contribution in [0.1, 0.15) is 55.3 Å². The summed E-state index contributed by atoms with van der Waals surface area (Å²) in [6.07, 6.45) is 9.03. The summed E-state index contributed by atoms with van der Waals surface area (Å²) in [6, 6.07) is 3.77. The van der Waals surface area contributed by atoms with Crippen molar-refractivity contribution in [2.75, 3.05) is 26.4 Å². The number of pyridine rings is 1. The van der Waals surface area contributed by atoms with Gasteiger partial charge in [0.25, 0.3) is 5.91 Å². The molecule has 0 radical (unpaired) electrons. The van der Waals surface area contributed by atoms with Gasteiger partial charge in [0.2, 0.25) is 5.88 Å². The summed E-state index contributed by atoms with van der Waals surface area (Å²) >= 11 is 0. The molecule has 1 amide bonds. The number of aromatic nitrogens is 1. The van der Waals surface area contributed by atoms with Crippen molar-refractivity contribution >= 4 is 5.91 Å². The Bertz CT molecular complexity index is 537. The Kier molecular flexibility index (Phi) is 6.64. The predicted octanol–water partition coefficient (Wildman–Crippen LogP) is 2.41. The zero-order valence-corrected chi connectivity index (χ0v) is 14.7. The van der Waals surface area contributed by atoms with Crippen LogP contribution in [0, 0.1) is 0 Å². The number of ether oxygens (including phenoxy) is 2. The molecule has 0 unspecified atom stereocenters. The van der Waals surface area contributed by atoms with Crippen molar-refractivity contribution < 1.29 is 19.4 Å². The molecule has 6 heteroatoms. The van der Waals surface area contributed by atoms with E-state index in [1.807, 2.05) is 4.90 Å². The summed E-state index contributed by atoms with van der Waals surface area (Å²) in [4.78, 5) is 19.0. The highest BCUT2D eigenvalue weighted by molar-refractivity contribution is 5.94. The lowest BCUT2D eigenvalue weighted by atomic mass is 9.93. The average molecular weight is 348 g/mol. The van der Waals surface area contributed by atoms with Crippen LogP contribution in [0.4, 0.5) is 0 Å². The molecule has 2 heterocycles. The molecule has 0 aromatic carbocycles. The summed E-state index contributed by atoms with van der Waals surface area (Å²) in [7, 11) is 0. The molecule has 2 fully saturated rings. The standard InChI is InChI=1S/C19H28N2O4/c22-11-10-21(16-4-2-1-3-5-16)19(23)15-6-7-18(20-14-15)25-17-8-12-24-13-9-17/h6-7,14,16-17,22H,1-5,8-13H2. The van der Waals surface area contributed by atoms with Crippen LogP contribution < -0.4 is 4.74 Å². The number of hydrogen-bond donors (Lipinski definition) is 1. The Balaban J connectivity index is 1.63. The number of amides is 1. The monoisotopic (exact) mass is 348 g/mol. The minimum atomic E-state index is -0.0499. The zero-order valence-electron chi connectivity index (χ0n) is 14.7. The highest BCUT2D eigenvalue weighted by Crippen LogP contribution is 2.24. The first-order valence-corrected chi connectivity index (χ1v) is 9.40. The molecule has 1 saturated heterocycles. The van der Waals surface area contributed by atoms with E-state index in [-0.39, 0.29) is 24.7 Å². The third-order valence-electron chi connectivity index (χ3n) is 5.06. The molecule has 0 bridgehead atoms. The van der Waals surface area contributed by atoms with Crippen LogP contribution in [0.2, 0.25) is 0 Å². The van der Waals surface area contributed by atoms with E-state index in [9.17, 15) is 9.90 Å². The van der Waals surface area contributed by atoms with Gasteiger partial charge < -0.3 is 19.5 Å². The molecule has 0 atom stereocenters. The van der Waals surface area contributed by atoms with Crippen molar-refractivity contribution in [1.29, 1.82) is 0 Å². The van der Waals surface area contributed by atoms with E-state index in [4.69, 9.17) is 9.47 Å². The van der Waals surface area contributed by atoms with Crippen molar-refractivity contribution in [2.24, 2.45) is 0 Å². The fourth-order valence-electron chi connectivity index (χ4n) is 3.66. The second-order valence-corrected chi connectivity index (χ2v) is 6.83. The molecule has 1 aliphatic carbocycles. The van der Waals surface area contributed by atoms with Gasteiger partial charge in [-0.05, 0) is 18.9 Å². The molecule has 25 heavy (non-hydrogen) atoms. The smallest absolute Gasteiger partial charge is 0.255 e. The maximum absolute atomic E-state index is 12.9. The third-order valence-corrected chi connectivity index (χ3v) is 5.06. The Labute approximate surface area is 149 Å². The largest absolute Gasteiger partial charge is 0.474 e. The van der Waals surface area contributed by atoms with Gasteiger partial charge in [0.05, 0.1) is 25.4 Å². The molecular weight excluding hydrogens is 320 g/mol. The lowest BCUT2D eigenvalue weighted by Crippen LogP contribution is -2.43. The Morgan fingerprint density at radius 2 is 1.96 bits per heavy atom. The van der Waals surface area contributed by atoms with Gasteiger partial charge in [-0.3, -0.25) is 4.79 Å². The molecule has 1 aromatic heterocycles. The first-order chi connectivity index (χ1) is 12.3. The van der Waals surface area contributed by atoms with E-state index < -0.39 is 0 Å². The van der Waals surface area contributed by atoms with Gasteiger partial charge in [-0.25, -0.2) is 4.98 Å². The van der Waals surface area contributed by atoms with Crippen molar-refractivity contribution in [3.05, 3.63) is 23.9 Å². The molecule has 1 aliphatic heterocycles. The maximum atomic E-state index is 12.9. The van der Waals surface area contributed by atoms with Crippen LogP contribution in [0.15, 0.2) is 18.3 Å². The van der Waals surface area contributed by atoms with Crippen molar-refractivity contribution in [1.82, 2.24) is 9.88 Å². The molecule has 6 nitrogen and oxygen atoms in total. The Hall–Kier alpha value is -1.66. The first kappa shape index (κ1) is 18.1. The zero-order chi connectivity index (χ0) is 17.5. The summed E-state index contributed by atoms with van der Waals surface area (Å²) in [6.45, 7) is 1.81. The number of hydrogen-bond acceptors (Lipinski definition) is 5. The lowest BCUT2D eigenvalue weighted by Gasteiger charge is -2.34.